The molecule has 0 spiro atoms. The van der Waals surface area contributed by atoms with Gasteiger partial charge in [-0.15, -0.1) is 0 Å². The van der Waals surface area contributed by atoms with Gasteiger partial charge in [0.2, 0.25) is 0 Å². The molecule has 2 heterocycles. The first kappa shape index (κ1) is 14.9. The molecule has 0 amide bonds. The zero-order valence-corrected chi connectivity index (χ0v) is 13.5. The minimum atomic E-state index is -0.394. The third-order valence-electron chi connectivity index (χ3n) is 4.39. The molecule has 122 valence electrons. The van der Waals surface area contributed by atoms with E-state index in [1.165, 1.54) is 31.6 Å². The fourth-order valence-electron chi connectivity index (χ4n) is 2.91. The van der Waals surface area contributed by atoms with E-state index in [0.29, 0.717) is 12.3 Å². The van der Waals surface area contributed by atoms with Gasteiger partial charge in [-0.05, 0) is 49.1 Å². The van der Waals surface area contributed by atoms with E-state index in [4.69, 9.17) is 4.74 Å². The van der Waals surface area contributed by atoms with Crippen molar-refractivity contribution in [1.82, 2.24) is 14.6 Å². The van der Waals surface area contributed by atoms with Gasteiger partial charge in [0.25, 0.3) is 0 Å². The molecule has 1 aliphatic rings. The van der Waals surface area contributed by atoms with Crippen molar-refractivity contribution in [1.29, 1.82) is 0 Å². The predicted octanol–water partition coefficient (Wildman–Crippen LogP) is 4.05. The molecular formula is C19H18FN3O. The molecule has 4 nitrogen and oxygen atoms in total. The van der Waals surface area contributed by atoms with Gasteiger partial charge >= 0.3 is 0 Å². The lowest BCUT2D eigenvalue weighted by Gasteiger charge is -2.07. The molecule has 1 aromatic carbocycles. The van der Waals surface area contributed by atoms with Crippen molar-refractivity contribution >= 4 is 5.65 Å². The van der Waals surface area contributed by atoms with Crippen LogP contribution in [0.3, 0.4) is 0 Å². The second-order valence-electron chi connectivity index (χ2n) is 6.17. The zero-order valence-electron chi connectivity index (χ0n) is 13.5. The number of methoxy groups -OCH3 is 1. The quantitative estimate of drug-likeness (QED) is 0.665. The van der Waals surface area contributed by atoms with Crippen molar-refractivity contribution < 1.29 is 9.13 Å². The fraction of sp³-hybridized carbons (Fsp3) is 0.263. The number of pyridine rings is 1. The van der Waals surface area contributed by atoms with E-state index in [1.807, 2.05) is 24.3 Å². The van der Waals surface area contributed by atoms with E-state index in [2.05, 4.69) is 16.7 Å². The van der Waals surface area contributed by atoms with E-state index >= 15 is 0 Å². The Morgan fingerprint density at radius 3 is 2.88 bits per heavy atom. The first-order valence-corrected chi connectivity index (χ1v) is 8.02. The monoisotopic (exact) mass is 323 g/mol. The average molecular weight is 323 g/mol. The molecule has 0 bridgehead atoms. The van der Waals surface area contributed by atoms with Gasteiger partial charge in [0.1, 0.15) is 0 Å². The van der Waals surface area contributed by atoms with Crippen LogP contribution in [-0.4, -0.2) is 21.7 Å². The van der Waals surface area contributed by atoms with Crippen LogP contribution in [0.2, 0.25) is 0 Å². The molecule has 0 radical (unpaired) electrons. The van der Waals surface area contributed by atoms with Crippen LogP contribution in [0.1, 0.15) is 18.7 Å². The van der Waals surface area contributed by atoms with Crippen molar-refractivity contribution in [3.8, 4) is 17.0 Å². The number of aromatic nitrogens is 3. The minimum absolute atomic E-state index is 0.228. The van der Waals surface area contributed by atoms with E-state index < -0.39 is 5.82 Å². The zero-order chi connectivity index (χ0) is 16.7. The maximum atomic E-state index is 14.0. The maximum Gasteiger partial charge on any atom is 0.165 e. The van der Waals surface area contributed by atoms with Gasteiger partial charge in [0.15, 0.2) is 23.0 Å². The lowest BCUT2D eigenvalue weighted by atomic mass is 10.1. The van der Waals surface area contributed by atoms with Crippen LogP contribution in [-0.2, 0) is 6.42 Å². The van der Waals surface area contributed by atoms with Crippen molar-refractivity contribution in [2.24, 2.45) is 5.92 Å². The largest absolute Gasteiger partial charge is 0.494 e. The van der Waals surface area contributed by atoms with Crippen LogP contribution in [0, 0.1) is 11.7 Å². The molecule has 5 heteroatoms. The Hall–Kier alpha value is -2.69. The number of nitrogens with zero attached hydrogens (tertiary/aromatic N) is 3. The van der Waals surface area contributed by atoms with Crippen LogP contribution in [0.15, 0.2) is 48.6 Å². The third kappa shape index (κ3) is 2.66. The first-order chi connectivity index (χ1) is 11.7. The summed E-state index contributed by atoms with van der Waals surface area (Å²) in [6, 6.07) is 10.6. The van der Waals surface area contributed by atoms with E-state index in [9.17, 15) is 4.39 Å². The molecule has 24 heavy (non-hydrogen) atoms. The van der Waals surface area contributed by atoms with Gasteiger partial charge in [-0.3, -0.25) is 0 Å². The van der Waals surface area contributed by atoms with Crippen LogP contribution < -0.4 is 4.74 Å². The summed E-state index contributed by atoms with van der Waals surface area (Å²) in [5.41, 5.74) is 3.48. The Labute approximate surface area is 139 Å². The molecule has 4 rings (SSSR count). The second kappa shape index (κ2) is 5.74. The molecule has 3 aromatic rings. The predicted molar refractivity (Wildman–Crippen MR) is 90.5 cm³/mol. The number of hydrogen-bond acceptors (Lipinski definition) is 3. The molecule has 1 fully saturated rings. The van der Waals surface area contributed by atoms with E-state index in [0.717, 1.165) is 22.7 Å². The fourth-order valence-corrected chi connectivity index (χ4v) is 2.91. The van der Waals surface area contributed by atoms with Gasteiger partial charge in [-0.2, -0.15) is 5.10 Å². The SMILES string of the molecule is C=C(Cc1nc2cccc(-c3ccc(OC)c(F)c3)n2n1)C1CC1. The number of halogens is 1. The van der Waals surface area contributed by atoms with Gasteiger partial charge in [0.05, 0.1) is 12.8 Å². The number of benzene rings is 1. The van der Waals surface area contributed by atoms with Crippen molar-refractivity contribution in [3.63, 3.8) is 0 Å². The molecule has 2 aromatic heterocycles. The smallest absolute Gasteiger partial charge is 0.165 e. The van der Waals surface area contributed by atoms with Gasteiger partial charge in [0, 0.05) is 12.0 Å². The molecule has 0 aliphatic heterocycles. The summed E-state index contributed by atoms with van der Waals surface area (Å²) in [4.78, 5) is 4.58. The van der Waals surface area contributed by atoms with Crippen LogP contribution in [0.4, 0.5) is 4.39 Å². The summed E-state index contributed by atoms with van der Waals surface area (Å²) in [7, 11) is 1.45. The highest BCUT2D eigenvalue weighted by molar-refractivity contribution is 5.64. The average Bonchev–Trinajstić information content (AvgIpc) is 3.35. The summed E-state index contributed by atoms with van der Waals surface area (Å²) in [5, 5.41) is 4.60. The Morgan fingerprint density at radius 2 is 2.17 bits per heavy atom. The summed E-state index contributed by atoms with van der Waals surface area (Å²) >= 11 is 0. The van der Waals surface area contributed by atoms with E-state index in [-0.39, 0.29) is 5.75 Å². The minimum Gasteiger partial charge on any atom is -0.494 e. The third-order valence-corrected chi connectivity index (χ3v) is 4.39. The lowest BCUT2D eigenvalue weighted by Crippen LogP contribution is -1.97. The highest BCUT2D eigenvalue weighted by Crippen LogP contribution is 2.36. The van der Waals surface area contributed by atoms with Crippen molar-refractivity contribution in [2.75, 3.05) is 7.11 Å². The Bertz CT molecular complexity index is 928. The highest BCUT2D eigenvalue weighted by Gasteiger charge is 2.25. The number of allylic oxidation sites excluding steroid dienone is 1. The summed E-state index contributed by atoms with van der Waals surface area (Å²) in [6.07, 6.45) is 3.15. The van der Waals surface area contributed by atoms with Crippen molar-refractivity contribution in [3.05, 3.63) is 60.2 Å². The topological polar surface area (TPSA) is 39.4 Å². The maximum absolute atomic E-state index is 14.0. The standard InChI is InChI=1S/C19H18FN3O/c1-12(13-6-7-13)10-18-21-19-5-3-4-16(23(19)22-18)14-8-9-17(24-2)15(20)11-14/h3-5,8-9,11,13H,1,6-7,10H2,2H3. The highest BCUT2D eigenvalue weighted by atomic mass is 19.1. The van der Waals surface area contributed by atoms with Crippen LogP contribution >= 0.6 is 0 Å². The number of fused-ring (bicyclic) bond motifs is 1. The Morgan fingerprint density at radius 1 is 1.33 bits per heavy atom. The van der Waals surface area contributed by atoms with Crippen LogP contribution in [0.25, 0.3) is 16.9 Å². The number of rotatable bonds is 5. The molecule has 0 N–H and O–H groups in total. The second-order valence-corrected chi connectivity index (χ2v) is 6.17. The molecule has 0 saturated heterocycles. The summed E-state index contributed by atoms with van der Waals surface area (Å²) in [5.74, 6) is 1.22. The lowest BCUT2D eigenvalue weighted by molar-refractivity contribution is 0.386. The van der Waals surface area contributed by atoms with E-state index in [1.54, 1.807) is 10.6 Å². The summed E-state index contributed by atoms with van der Waals surface area (Å²) < 4.78 is 20.8. The Balaban J connectivity index is 1.73. The normalized spacial score (nSPS) is 14.1. The number of hydrogen-bond donors (Lipinski definition) is 0. The molecule has 0 unspecified atom stereocenters. The first-order valence-electron chi connectivity index (χ1n) is 8.02. The molecule has 1 saturated carbocycles. The Kier molecular flexibility index (Phi) is 3.56. The number of ether oxygens (including phenoxy) is 1. The van der Waals surface area contributed by atoms with Gasteiger partial charge < -0.3 is 4.74 Å². The summed E-state index contributed by atoms with van der Waals surface area (Å²) in [6.45, 7) is 4.14. The molecule has 1 aliphatic carbocycles. The van der Waals surface area contributed by atoms with Crippen LogP contribution in [0.5, 0.6) is 5.75 Å². The van der Waals surface area contributed by atoms with Crippen molar-refractivity contribution in [2.45, 2.75) is 19.3 Å². The molecular weight excluding hydrogens is 305 g/mol. The van der Waals surface area contributed by atoms with Gasteiger partial charge in [-0.25, -0.2) is 13.9 Å². The van der Waals surface area contributed by atoms with Gasteiger partial charge in [-0.1, -0.05) is 18.2 Å². The molecule has 0 atom stereocenters.